The molecule has 0 amide bonds. The normalized spacial score (nSPS) is 11.8. The molecule has 3 aromatic rings. The molecule has 0 N–H and O–H groups in total. The number of esters is 1. The highest BCUT2D eigenvalue weighted by molar-refractivity contribution is 7.72. The lowest BCUT2D eigenvalue weighted by molar-refractivity contribution is 0.0733. The van der Waals surface area contributed by atoms with Crippen LogP contribution in [0.4, 0.5) is 0 Å². The highest BCUT2D eigenvalue weighted by atomic mass is 31.1. The third-order valence-electron chi connectivity index (χ3n) is 4.23. The van der Waals surface area contributed by atoms with E-state index in [2.05, 4.69) is 18.8 Å². The standard InChI is InChI=1S/C22H21O2P/c1-16-10-9-11-17(2)21(16)24-22(23)19-14-7-8-15-20(19)25(3)18-12-5-4-6-13-18/h4-15H,1-3H3. The maximum Gasteiger partial charge on any atom is 0.344 e. The van der Waals surface area contributed by atoms with Gasteiger partial charge in [-0.15, -0.1) is 0 Å². The van der Waals surface area contributed by atoms with Gasteiger partial charge >= 0.3 is 5.97 Å². The van der Waals surface area contributed by atoms with E-state index in [-0.39, 0.29) is 5.97 Å². The summed E-state index contributed by atoms with van der Waals surface area (Å²) >= 11 is 0. The van der Waals surface area contributed by atoms with Gasteiger partial charge in [0.05, 0.1) is 5.56 Å². The Kier molecular flexibility index (Phi) is 5.31. The summed E-state index contributed by atoms with van der Waals surface area (Å²) in [5.41, 5.74) is 2.57. The van der Waals surface area contributed by atoms with Gasteiger partial charge in [0.1, 0.15) is 5.75 Å². The van der Waals surface area contributed by atoms with Crippen LogP contribution in [0.1, 0.15) is 21.5 Å². The number of hydrogen-bond donors (Lipinski definition) is 0. The highest BCUT2D eigenvalue weighted by Gasteiger charge is 2.19. The van der Waals surface area contributed by atoms with Gasteiger partial charge in [0, 0.05) is 0 Å². The van der Waals surface area contributed by atoms with Gasteiger partial charge in [-0.2, -0.15) is 0 Å². The van der Waals surface area contributed by atoms with Crippen molar-refractivity contribution in [1.82, 2.24) is 0 Å². The monoisotopic (exact) mass is 348 g/mol. The molecule has 0 saturated carbocycles. The minimum Gasteiger partial charge on any atom is -0.422 e. The molecule has 2 nitrogen and oxygen atoms in total. The summed E-state index contributed by atoms with van der Waals surface area (Å²) < 4.78 is 5.76. The fourth-order valence-corrected chi connectivity index (χ4v) is 4.57. The molecule has 0 saturated heterocycles. The first kappa shape index (κ1) is 17.4. The third-order valence-corrected chi connectivity index (χ3v) is 6.42. The number of carbonyl (C=O) groups is 1. The Balaban J connectivity index is 1.94. The molecule has 0 heterocycles. The van der Waals surface area contributed by atoms with Gasteiger partial charge in [-0.05, 0) is 56.2 Å². The van der Waals surface area contributed by atoms with Gasteiger partial charge in [0.15, 0.2) is 0 Å². The van der Waals surface area contributed by atoms with Gasteiger partial charge in [-0.3, -0.25) is 0 Å². The zero-order valence-electron chi connectivity index (χ0n) is 14.7. The number of benzene rings is 3. The fourth-order valence-electron chi connectivity index (χ4n) is 2.84. The van der Waals surface area contributed by atoms with Crippen molar-refractivity contribution in [3.63, 3.8) is 0 Å². The Labute approximate surface area is 150 Å². The quantitative estimate of drug-likeness (QED) is 0.392. The molecule has 0 bridgehead atoms. The average Bonchev–Trinajstić information content (AvgIpc) is 2.65. The van der Waals surface area contributed by atoms with E-state index < -0.39 is 7.92 Å². The SMILES string of the molecule is Cc1cccc(C)c1OC(=O)c1ccccc1P(C)c1ccccc1. The maximum absolute atomic E-state index is 12.9. The molecule has 0 aromatic heterocycles. The fraction of sp³-hybridized carbons (Fsp3) is 0.136. The summed E-state index contributed by atoms with van der Waals surface area (Å²) in [6.07, 6.45) is 0. The molecular weight excluding hydrogens is 327 g/mol. The zero-order chi connectivity index (χ0) is 17.8. The second-order valence-corrected chi connectivity index (χ2v) is 8.14. The van der Waals surface area contributed by atoms with Crippen LogP contribution in [0, 0.1) is 13.8 Å². The Morgan fingerprint density at radius 1 is 0.800 bits per heavy atom. The zero-order valence-corrected chi connectivity index (χ0v) is 15.6. The summed E-state index contributed by atoms with van der Waals surface area (Å²) in [6.45, 7) is 6.09. The first-order valence-electron chi connectivity index (χ1n) is 8.24. The molecular formula is C22H21O2P. The van der Waals surface area contributed by atoms with Crippen molar-refractivity contribution in [2.24, 2.45) is 0 Å². The predicted molar refractivity (Wildman–Crippen MR) is 106 cm³/mol. The van der Waals surface area contributed by atoms with Crippen LogP contribution in [-0.2, 0) is 0 Å². The van der Waals surface area contributed by atoms with Gasteiger partial charge in [-0.1, -0.05) is 66.7 Å². The van der Waals surface area contributed by atoms with E-state index in [1.165, 1.54) is 5.30 Å². The van der Waals surface area contributed by atoms with Crippen LogP contribution in [0.15, 0.2) is 72.8 Å². The van der Waals surface area contributed by atoms with Crippen molar-refractivity contribution in [2.75, 3.05) is 6.66 Å². The summed E-state index contributed by atoms with van der Waals surface area (Å²) in [5.74, 6) is 0.362. The van der Waals surface area contributed by atoms with Crippen molar-refractivity contribution in [3.8, 4) is 5.75 Å². The van der Waals surface area contributed by atoms with Crippen LogP contribution >= 0.6 is 7.92 Å². The van der Waals surface area contributed by atoms with Crippen LogP contribution < -0.4 is 15.3 Å². The van der Waals surface area contributed by atoms with E-state index in [9.17, 15) is 4.79 Å². The summed E-state index contributed by atoms with van der Waals surface area (Å²) in [4.78, 5) is 12.9. The van der Waals surface area contributed by atoms with Crippen LogP contribution in [0.5, 0.6) is 5.75 Å². The number of hydrogen-bond acceptors (Lipinski definition) is 2. The summed E-state index contributed by atoms with van der Waals surface area (Å²) in [7, 11) is -0.615. The third kappa shape index (κ3) is 3.81. The van der Waals surface area contributed by atoms with E-state index in [1.54, 1.807) is 0 Å². The van der Waals surface area contributed by atoms with Crippen LogP contribution in [0.3, 0.4) is 0 Å². The minimum absolute atomic E-state index is 0.293. The number of para-hydroxylation sites is 1. The van der Waals surface area contributed by atoms with E-state index in [1.807, 2.05) is 74.5 Å². The lowest BCUT2D eigenvalue weighted by atomic mass is 10.1. The van der Waals surface area contributed by atoms with Crippen LogP contribution in [0.2, 0.25) is 0 Å². The molecule has 0 aliphatic rings. The van der Waals surface area contributed by atoms with Gasteiger partial charge < -0.3 is 4.74 Å². The average molecular weight is 348 g/mol. The van der Waals surface area contributed by atoms with E-state index in [0.29, 0.717) is 11.3 Å². The van der Waals surface area contributed by atoms with Crippen molar-refractivity contribution >= 4 is 24.5 Å². The Hall–Kier alpha value is -2.44. The molecule has 3 rings (SSSR count). The minimum atomic E-state index is -0.615. The predicted octanol–water partition coefficient (Wildman–Crippen LogP) is 4.59. The highest BCUT2D eigenvalue weighted by Crippen LogP contribution is 2.31. The van der Waals surface area contributed by atoms with E-state index in [0.717, 1.165) is 16.4 Å². The second kappa shape index (κ2) is 7.63. The Bertz CT molecular complexity index is 867. The molecule has 3 aromatic carbocycles. The molecule has 0 aliphatic carbocycles. The maximum atomic E-state index is 12.9. The summed E-state index contributed by atoms with van der Waals surface area (Å²) in [6, 6.07) is 23.9. The number of aryl methyl sites for hydroxylation is 2. The van der Waals surface area contributed by atoms with E-state index >= 15 is 0 Å². The van der Waals surface area contributed by atoms with Gasteiger partial charge in [-0.25, -0.2) is 4.79 Å². The Morgan fingerprint density at radius 2 is 1.40 bits per heavy atom. The Morgan fingerprint density at radius 3 is 2.08 bits per heavy atom. The first-order chi connectivity index (χ1) is 12.1. The molecule has 1 unspecified atom stereocenters. The van der Waals surface area contributed by atoms with Gasteiger partial charge in [0.2, 0.25) is 0 Å². The molecule has 25 heavy (non-hydrogen) atoms. The van der Waals surface area contributed by atoms with Crippen molar-refractivity contribution in [2.45, 2.75) is 13.8 Å². The molecule has 0 radical (unpaired) electrons. The lowest BCUT2D eigenvalue weighted by Gasteiger charge is -2.17. The molecule has 0 aliphatic heterocycles. The molecule has 126 valence electrons. The lowest BCUT2D eigenvalue weighted by Crippen LogP contribution is -2.22. The molecule has 0 fully saturated rings. The number of ether oxygens (including phenoxy) is 1. The van der Waals surface area contributed by atoms with Gasteiger partial charge in [0.25, 0.3) is 0 Å². The van der Waals surface area contributed by atoms with Crippen molar-refractivity contribution < 1.29 is 9.53 Å². The van der Waals surface area contributed by atoms with Crippen LogP contribution in [-0.4, -0.2) is 12.6 Å². The number of carbonyl (C=O) groups excluding carboxylic acids is 1. The van der Waals surface area contributed by atoms with Crippen molar-refractivity contribution in [3.05, 3.63) is 89.5 Å². The van der Waals surface area contributed by atoms with E-state index in [4.69, 9.17) is 4.74 Å². The molecule has 0 spiro atoms. The smallest absolute Gasteiger partial charge is 0.344 e. The summed E-state index contributed by atoms with van der Waals surface area (Å²) in [5, 5.41) is 2.28. The second-order valence-electron chi connectivity index (χ2n) is 6.02. The largest absolute Gasteiger partial charge is 0.422 e. The van der Waals surface area contributed by atoms with Crippen molar-refractivity contribution in [1.29, 1.82) is 0 Å². The topological polar surface area (TPSA) is 26.3 Å². The number of rotatable bonds is 4. The van der Waals surface area contributed by atoms with Crippen LogP contribution in [0.25, 0.3) is 0 Å². The first-order valence-corrected chi connectivity index (χ1v) is 10.0. The molecule has 3 heteroatoms. The molecule has 1 atom stereocenters.